The Balaban J connectivity index is 1.92. The van der Waals surface area contributed by atoms with Gasteiger partial charge in [-0.1, -0.05) is 0 Å². The molecule has 1 saturated heterocycles. The molecule has 2 heterocycles. The van der Waals surface area contributed by atoms with E-state index in [2.05, 4.69) is 4.98 Å². The van der Waals surface area contributed by atoms with Crippen molar-refractivity contribution in [1.82, 2.24) is 9.55 Å². The molecule has 152 valence electrons. The zero-order valence-corrected chi connectivity index (χ0v) is 15.9. The van der Waals surface area contributed by atoms with Crippen LogP contribution in [-0.4, -0.2) is 58.8 Å². The van der Waals surface area contributed by atoms with Crippen molar-refractivity contribution in [3.8, 4) is 0 Å². The molecule has 1 aliphatic heterocycles. The number of nitrogens with one attached hydrogen (secondary N) is 1. The van der Waals surface area contributed by atoms with Crippen molar-refractivity contribution in [3.05, 3.63) is 33.1 Å². The monoisotopic (exact) mass is 406 g/mol. The summed E-state index contributed by atoms with van der Waals surface area (Å²) < 4.78 is 34.0. The topological polar surface area (TPSA) is 146 Å². The van der Waals surface area contributed by atoms with Gasteiger partial charge in [0.25, 0.3) is 5.56 Å². The third-order valence-corrected chi connectivity index (χ3v) is 5.70. The van der Waals surface area contributed by atoms with E-state index >= 15 is 0 Å². The Bertz CT molecular complexity index is 795. The standard InChI is InChI=1S/C15H23N2O9P/c1-3-24-27(22,25-4-2)9-14(20)23-8-11-10(18)7-13(26-11)17-6-5-12(19)16-15(17)21/h5-6,10-11,13,18H,3-4,7-9H2,1-2H3,(H,16,19,21)/t10-,11+,13+/m0/s1. The Morgan fingerprint density at radius 2 is 2.04 bits per heavy atom. The van der Waals surface area contributed by atoms with Crippen molar-refractivity contribution >= 4 is 13.6 Å². The lowest BCUT2D eigenvalue weighted by atomic mass is 10.2. The number of ether oxygens (including phenoxy) is 2. The number of aromatic amines is 1. The number of nitrogens with zero attached hydrogens (tertiary/aromatic N) is 1. The van der Waals surface area contributed by atoms with Gasteiger partial charge < -0.3 is 23.6 Å². The Kier molecular flexibility index (Phi) is 7.51. The van der Waals surface area contributed by atoms with Gasteiger partial charge in [0.15, 0.2) is 0 Å². The minimum atomic E-state index is -3.58. The number of rotatable bonds is 9. The van der Waals surface area contributed by atoms with Gasteiger partial charge in [0, 0.05) is 18.7 Å². The minimum Gasteiger partial charge on any atom is -0.462 e. The fraction of sp³-hybridized carbons (Fsp3) is 0.667. The van der Waals surface area contributed by atoms with E-state index in [-0.39, 0.29) is 26.2 Å². The van der Waals surface area contributed by atoms with Crippen LogP contribution in [-0.2, 0) is 27.9 Å². The Morgan fingerprint density at radius 3 is 2.63 bits per heavy atom. The molecule has 1 aromatic heterocycles. The maximum absolute atomic E-state index is 12.3. The average molecular weight is 406 g/mol. The van der Waals surface area contributed by atoms with Crippen molar-refractivity contribution < 1.29 is 33.0 Å². The number of hydrogen-bond acceptors (Lipinski definition) is 9. The first kappa shape index (κ1) is 21.5. The summed E-state index contributed by atoms with van der Waals surface area (Å²) in [7, 11) is -3.58. The van der Waals surface area contributed by atoms with Gasteiger partial charge in [-0.2, -0.15) is 0 Å². The fourth-order valence-electron chi connectivity index (χ4n) is 2.59. The van der Waals surface area contributed by atoms with E-state index < -0.39 is 49.4 Å². The summed E-state index contributed by atoms with van der Waals surface area (Å²) in [6, 6.07) is 1.16. The molecule has 2 rings (SSSR count). The second-order valence-corrected chi connectivity index (χ2v) is 7.79. The molecule has 0 bridgehead atoms. The highest BCUT2D eigenvalue weighted by Crippen LogP contribution is 2.47. The number of hydrogen-bond donors (Lipinski definition) is 2. The van der Waals surface area contributed by atoms with Crippen molar-refractivity contribution in [2.24, 2.45) is 0 Å². The van der Waals surface area contributed by atoms with Crippen LogP contribution in [0.15, 0.2) is 21.9 Å². The van der Waals surface area contributed by atoms with E-state index in [1.54, 1.807) is 13.8 Å². The van der Waals surface area contributed by atoms with Crippen LogP contribution in [0.25, 0.3) is 0 Å². The van der Waals surface area contributed by atoms with Gasteiger partial charge in [-0.25, -0.2) is 4.79 Å². The van der Waals surface area contributed by atoms with Crippen LogP contribution in [0.3, 0.4) is 0 Å². The highest BCUT2D eigenvalue weighted by Gasteiger charge is 2.37. The van der Waals surface area contributed by atoms with Crippen LogP contribution < -0.4 is 11.2 Å². The lowest BCUT2D eigenvalue weighted by molar-refractivity contribution is -0.147. The van der Waals surface area contributed by atoms with Gasteiger partial charge in [0.1, 0.15) is 25.1 Å². The number of carbonyl (C=O) groups excluding carboxylic acids is 1. The van der Waals surface area contributed by atoms with Crippen LogP contribution in [0.5, 0.6) is 0 Å². The number of carbonyl (C=O) groups is 1. The number of H-pyrrole nitrogens is 1. The van der Waals surface area contributed by atoms with Gasteiger partial charge in [0.2, 0.25) is 0 Å². The van der Waals surface area contributed by atoms with Gasteiger partial charge >= 0.3 is 19.3 Å². The summed E-state index contributed by atoms with van der Waals surface area (Å²) in [6.07, 6.45) is -1.91. The van der Waals surface area contributed by atoms with Gasteiger partial charge in [-0.15, -0.1) is 0 Å². The lowest BCUT2D eigenvalue weighted by Crippen LogP contribution is -2.32. The molecule has 0 amide bonds. The smallest absolute Gasteiger partial charge is 0.341 e. The highest BCUT2D eigenvalue weighted by molar-refractivity contribution is 7.54. The highest BCUT2D eigenvalue weighted by atomic mass is 31.2. The molecule has 0 aliphatic carbocycles. The van der Waals surface area contributed by atoms with Gasteiger partial charge in [0.05, 0.1) is 19.3 Å². The Labute approximate surface area is 154 Å². The van der Waals surface area contributed by atoms with E-state index in [4.69, 9.17) is 18.5 Å². The van der Waals surface area contributed by atoms with Gasteiger partial charge in [-0.05, 0) is 13.8 Å². The molecular formula is C15H23N2O9P. The second kappa shape index (κ2) is 9.43. The molecule has 3 atom stereocenters. The summed E-state index contributed by atoms with van der Waals surface area (Å²) in [5, 5.41) is 10.1. The molecule has 0 aromatic carbocycles. The fourth-order valence-corrected chi connectivity index (χ4v) is 4.04. The molecule has 0 radical (unpaired) electrons. The first-order chi connectivity index (χ1) is 12.8. The average Bonchev–Trinajstić information content (AvgIpc) is 2.93. The zero-order chi connectivity index (χ0) is 20.0. The molecule has 1 aliphatic rings. The van der Waals surface area contributed by atoms with Crippen molar-refractivity contribution in [1.29, 1.82) is 0 Å². The molecule has 27 heavy (non-hydrogen) atoms. The van der Waals surface area contributed by atoms with Crippen LogP contribution in [0.4, 0.5) is 0 Å². The molecule has 2 N–H and O–H groups in total. The molecule has 1 aromatic rings. The quantitative estimate of drug-likeness (QED) is 0.427. The maximum Gasteiger partial charge on any atom is 0.341 e. The summed E-state index contributed by atoms with van der Waals surface area (Å²) in [6.45, 7) is 3.18. The number of aromatic nitrogens is 2. The summed E-state index contributed by atoms with van der Waals surface area (Å²) in [4.78, 5) is 36.9. The Morgan fingerprint density at radius 1 is 1.37 bits per heavy atom. The molecule has 1 fully saturated rings. The summed E-state index contributed by atoms with van der Waals surface area (Å²) in [5.41, 5.74) is -1.22. The lowest BCUT2D eigenvalue weighted by Gasteiger charge is -2.18. The second-order valence-electron chi connectivity index (χ2n) is 5.74. The molecule has 0 spiro atoms. The predicted molar refractivity (Wildman–Crippen MR) is 92.5 cm³/mol. The first-order valence-electron chi connectivity index (χ1n) is 8.46. The van der Waals surface area contributed by atoms with E-state index in [9.17, 15) is 24.1 Å². The summed E-state index contributed by atoms with van der Waals surface area (Å²) in [5.74, 6) is -0.819. The molecule has 12 heteroatoms. The first-order valence-corrected chi connectivity index (χ1v) is 10.2. The SMILES string of the molecule is CCOP(=O)(CC(=O)OC[C@H]1O[C@@H](n2ccc(=O)[nH]c2=O)C[C@@H]1O)OCC. The van der Waals surface area contributed by atoms with Gasteiger partial charge in [-0.3, -0.25) is 23.7 Å². The number of aliphatic hydroxyl groups is 1. The van der Waals surface area contributed by atoms with Crippen LogP contribution in [0.1, 0.15) is 26.5 Å². The predicted octanol–water partition coefficient (Wildman–Crippen LogP) is -0.00570. The molecular weight excluding hydrogens is 383 g/mol. The van der Waals surface area contributed by atoms with E-state index in [1.807, 2.05) is 0 Å². The van der Waals surface area contributed by atoms with Crippen molar-refractivity contribution in [2.45, 2.75) is 38.7 Å². The largest absolute Gasteiger partial charge is 0.462 e. The number of esters is 1. The summed E-state index contributed by atoms with van der Waals surface area (Å²) >= 11 is 0. The van der Waals surface area contributed by atoms with E-state index in [0.717, 1.165) is 10.6 Å². The number of aliphatic hydroxyl groups excluding tert-OH is 1. The molecule has 11 nitrogen and oxygen atoms in total. The van der Waals surface area contributed by atoms with E-state index in [1.165, 1.54) is 6.20 Å². The van der Waals surface area contributed by atoms with Crippen molar-refractivity contribution in [3.63, 3.8) is 0 Å². The Hall–Kier alpha value is -1.78. The van der Waals surface area contributed by atoms with Crippen LogP contribution in [0.2, 0.25) is 0 Å². The molecule has 0 unspecified atom stereocenters. The third kappa shape index (κ3) is 5.85. The maximum atomic E-state index is 12.3. The van der Waals surface area contributed by atoms with E-state index in [0.29, 0.717) is 0 Å². The molecule has 0 saturated carbocycles. The van der Waals surface area contributed by atoms with Crippen molar-refractivity contribution in [2.75, 3.05) is 26.0 Å². The van der Waals surface area contributed by atoms with Crippen LogP contribution >= 0.6 is 7.60 Å². The normalized spacial score (nSPS) is 22.7. The third-order valence-electron chi connectivity index (χ3n) is 3.75. The van der Waals surface area contributed by atoms with Crippen LogP contribution in [0, 0.1) is 0 Å². The minimum absolute atomic E-state index is 0.0740. The zero-order valence-electron chi connectivity index (χ0n) is 15.0.